The second-order valence-electron chi connectivity index (χ2n) is 5.09. The largest absolute Gasteiger partial charge is 0.481 e. The third-order valence-electron chi connectivity index (χ3n) is 3.72. The highest BCUT2D eigenvalue weighted by Crippen LogP contribution is 2.27. The molecule has 0 bridgehead atoms. The average Bonchev–Trinajstić information content (AvgIpc) is 2.87. The molecule has 1 unspecified atom stereocenters. The van der Waals surface area contributed by atoms with Crippen molar-refractivity contribution in [2.75, 3.05) is 18.0 Å². The molecule has 0 amide bonds. The van der Waals surface area contributed by atoms with E-state index in [4.69, 9.17) is 5.11 Å². The molecular weight excluding hydrogens is 240 g/mol. The molecule has 2 aromatic rings. The predicted octanol–water partition coefficient (Wildman–Crippen LogP) is 2.45. The first kappa shape index (κ1) is 12.0. The number of aryl methyl sites for hydroxylation is 1. The van der Waals surface area contributed by atoms with Gasteiger partial charge in [0, 0.05) is 18.5 Å². The van der Waals surface area contributed by atoms with Crippen molar-refractivity contribution in [3.8, 4) is 0 Å². The number of carbonyl (C=O) groups is 1. The van der Waals surface area contributed by atoms with E-state index in [9.17, 15) is 4.79 Å². The number of anilines is 1. The Morgan fingerprint density at radius 3 is 2.95 bits per heavy atom. The van der Waals surface area contributed by atoms with Crippen molar-refractivity contribution in [2.45, 2.75) is 13.3 Å². The SMILES string of the molecule is Cc1cc2ccccc2nc1N1CCC(C(=O)O)C1. The summed E-state index contributed by atoms with van der Waals surface area (Å²) in [4.78, 5) is 17.8. The number of para-hydroxylation sites is 1. The second kappa shape index (κ2) is 4.53. The van der Waals surface area contributed by atoms with Crippen LogP contribution in [0.5, 0.6) is 0 Å². The van der Waals surface area contributed by atoms with Crippen molar-refractivity contribution < 1.29 is 9.90 Å². The summed E-state index contributed by atoms with van der Waals surface area (Å²) < 4.78 is 0. The zero-order valence-electron chi connectivity index (χ0n) is 10.8. The lowest BCUT2D eigenvalue weighted by Crippen LogP contribution is -2.24. The zero-order valence-corrected chi connectivity index (χ0v) is 10.8. The van der Waals surface area contributed by atoms with Crippen LogP contribution in [-0.4, -0.2) is 29.1 Å². The molecule has 0 aliphatic carbocycles. The molecule has 4 heteroatoms. The van der Waals surface area contributed by atoms with Crippen molar-refractivity contribution in [3.63, 3.8) is 0 Å². The van der Waals surface area contributed by atoms with E-state index < -0.39 is 5.97 Å². The fourth-order valence-electron chi connectivity index (χ4n) is 2.69. The fraction of sp³-hybridized carbons (Fsp3) is 0.333. The van der Waals surface area contributed by atoms with Crippen LogP contribution >= 0.6 is 0 Å². The quantitative estimate of drug-likeness (QED) is 0.896. The molecule has 1 saturated heterocycles. The molecule has 1 aliphatic heterocycles. The minimum absolute atomic E-state index is 0.271. The van der Waals surface area contributed by atoms with Crippen LogP contribution < -0.4 is 4.90 Å². The van der Waals surface area contributed by atoms with Crippen LogP contribution in [0, 0.1) is 12.8 Å². The predicted molar refractivity (Wildman–Crippen MR) is 74.4 cm³/mol. The molecule has 4 nitrogen and oxygen atoms in total. The van der Waals surface area contributed by atoms with E-state index in [1.165, 1.54) is 0 Å². The van der Waals surface area contributed by atoms with Crippen molar-refractivity contribution in [3.05, 3.63) is 35.9 Å². The van der Waals surface area contributed by atoms with Crippen LogP contribution in [0.15, 0.2) is 30.3 Å². The number of carboxylic acids is 1. The van der Waals surface area contributed by atoms with Gasteiger partial charge in [-0.1, -0.05) is 18.2 Å². The molecule has 0 radical (unpaired) electrons. The van der Waals surface area contributed by atoms with Crippen LogP contribution in [0.25, 0.3) is 10.9 Å². The van der Waals surface area contributed by atoms with Gasteiger partial charge in [-0.3, -0.25) is 4.79 Å². The molecule has 2 heterocycles. The number of benzene rings is 1. The van der Waals surface area contributed by atoms with Crippen molar-refractivity contribution >= 4 is 22.7 Å². The third kappa shape index (κ3) is 2.14. The van der Waals surface area contributed by atoms with E-state index in [1.807, 2.05) is 31.2 Å². The molecule has 0 spiro atoms. The number of pyridine rings is 1. The van der Waals surface area contributed by atoms with Gasteiger partial charge < -0.3 is 10.0 Å². The maximum Gasteiger partial charge on any atom is 0.308 e. The minimum Gasteiger partial charge on any atom is -0.481 e. The summed E-state index contributed by atoms with van der Waals surface area (Å²) in [6.07, 6.45) is 0.698. The Labute approximate surface area is 111 Å². The highest BCUT2D eigenvalue weighted by molar-refractivity contribution is 5.82. The summed E-state index contributed by atoms with van der Waals surface area (Å²) in [5.41, 5.74) is 2.06. The number of hydrogen-bond donors (Lipinski definition) is 1. The van der Waals surface area contributed by atoms with Gasteiger partial charge in [0.15, 0.2) is 0 Å². The van der Waals surface area contributed by atoms with Gasteiger partial charge in [-0.05, 0) is 31.0 Å². The van der Waals surface area contributed by atoms with Crippen LogP contribution in [0.4, 0.5) is 5.82 Å². The van der Waals surface area contributed by atoms with E-state index in [2.05, 4.69) is 16.0 Å². The van der Waals surface area contributed by atoms with Gasteiger partial charge in [-0.2, -0.15) is 0 Å². The molecule has 19 heavy (non-hydrogen) atoms. The number of hydrogen-bond acceptors (Lipinski definition) is 3. The van der Waals surface area contributed by atoms with Gasteiger partial charge in [0.25, 0.3) is 0 Å². The molecule has 1 atom stereocenters. The van der Waals surface area contributed by atoms with Gasteiger partial charge in [0.2, 0.25) is 0 Å². The van der Waals surface area contributed by atoms with Crippen LogP contribution in [0.1, 0.15) is 12.0 Å². The van der Waals surface area contributed by atoms with Gasteiger partial charge in [-0.15, -0.1) is 0 Å². The molecule has 1 aliphatic rings. The Morgan fingerprint density at radius 1 is 1.42 bits per heavy atom. The van der Waals surface area contributed by atoms with Gasteiger partial charge in [0.05, 0.1) is 11.4 Å². The van der Waals surface area contributed by atoms with Crippen molar-refractivity contribution in [2.24, 2.45) is 5.92 Å². The highest BCUT2D eigenvalue weighted by Gasteiger charge is 2.29. The van der Waals surface area contributed by atoms with Gasteiger partial charge in [-0.25, -0.2) is 4.98 Å². The summed E-state index contributed by atoms with van der Waals surface area (Å²) >= 11 is 0. The minimum atomic E-state index is -0.707. The van der Waals surface area contributed by atoms with Gasteiger partial charge in [0.1, 0.15) is 5.82 Å². The first-order valence-electron chi connectivity index (χ1n) is 6.49. The molecule has 3 rings (SSSR count). The first-order chi connectivity index (χ1) is 9.15. The summed E-state index contributed by atoms with van der Waals surface area (Å²) in [6, 6.07) is 10.1. The Bertz CT molecular complexity index is 639. The van der Waals surface area contributed by atoms with E-state index in [-0.39, 0.29) is 5.92 Å². The Kier molecular flexibility index (Phi) is 2.85. The second-order valence-corrected chi connectivity index (χ2v) is 5.09. The summed E-state index contributed by atoms with van der Waals surface area (Å²) in [5.74, 6) is -0.0592. The maximum atomic E-state index is 11.0. The number of fused-ring (bicyclic) bond motifs is 1. The van der Waals surface area contributed by atoms with Crippen molar-refractivity contribution in [1.29, 1.82) is 0 Å². The molecular formula is C15H16N2O2. The normalized spacial score (nSPS) is 19.0. The molecule has 1 N–H and O–H groups in total. The number of aromatic nitrogens is 1. The Morgan fingerprint density at radius 2 is 2.21 bits per heavy atom. The lowest BCUT2D eigenvalue weighted by molar-refractivity contribution is -0.140. The lowest BCUT2D eigenvalue weighted by Gasteiger charge is -2.19. The van der Waals surface area contributed by atoms with Crippen LogP contribution in [0.3, 0.4) is 0 Å². The monoisotopic (exact) mass is 256 g/mol. The van der Waals surface area contributed by atoms with Crippen molar-refractivity contribution in [1.82, 2.24) is 4.98 Å². The molecule has 1 fully saturated rings. The highest BCUT2D eigenvalue weighted by atomic mass is 16.4. The number of nitrogens with zero attached hydrogens (tertiary/aromatic N) is 2. The summed E-state index contributed by atoms with van der Waals surface area (Å²) in [5, 5.41) is 10.2. The standard InChI is InChI=1S/C15H16N2O2/c1-10-8-11-4-2-3-5-13(11)16-14(10)17-7-6-12(9-17)15(18)19/h2-5,8,12H,6-7,9H2,1H3,(H,18,19). The summed E-state index contributed by atoms with van der Waals surface area (Å²) in [7, 11) is 0. The average molecular weight is 256 g/mol. The van der Waals surface area contributed by atoms with Gasteiger partial charge >= 0.3 is 5.97 Å². The smallest absolute Gasteiger partial charge is 0.308 e. The topological polar surface area (TPSA) is 53.4 Å². The van der Waals surface area contributed by atoms with E-state index in [1.54, 1.807) is 0 Å². The Hall–Kier alpha value is -2.10. The fourth-order valence-corrected chi connectivity index (χ4v) is 2.69. The molecule has 98 valence electrons. The van der Waals surface area contributed by atoms with Crippen LogP contribution in [0.2, 0.25) is 0 Å². The van der Waals surface area contributed by atoms with E-state index in [0.717, 1.165) is 28.8 Å². The maximum absolute atomic E-state index is 11.0. The molecule has 0 saturated carbocycles. The number of carboxylic acid groups (broad SMARTS) is 1. The Balaban J connectivity index is 1.97. The summed E-state index contributed by atoms with van der Waals surface area (Å²) in [6.45, 7) is 3.35. The molecule has 1 aromatic heterocycles. The molecule has 1 aromatic carbocycles. The van der Waals surface area contributed by atoms with E-state index >= 15 is 0 Å². The zero-order chi connectivity index (χ0) is 13.4. The number of rotatable bonds is 2. The lowest BCUT2D eigenvalue weighted by atomic mass is 10.1. The first-order valence-corrected chi connectivity index (χ1v) is 6.49. The van der Waals surface area contributed by atoms with Crippen LogP contribution in [-0.2, 0) is 4.79 Å². The van der Waals surface area contributed by atoms with E-state index in [0.29, 0.717) is 13.0 Å². The number of aliphatic carboxylic acids is 1. The third-order valence-corrected chi connectivity index (χ3v) is 3.72.